The lowest BCUT2D eigenvalue weighted by Crippen LogP contribution is -2.21. The van der Waals surface area contributed by atoms with Crippen LogP contribution in [0.2, 0.25) is 0 Å². The zero-order chi connectivity index (χ0) is 15.3. The molecule has 4 heteroatoms. The molecule has 0 spiro atoms. The smallest absolute Gasteiger partial charge is 0.178 e. The van der Waals surface area contributed by atoms with E-state index in [0.29, 0.717) is 17.9 Å². The van der Waals surface area contributed by atoms with Gasteiger partial charge in [-0.05, 0) is 30.7 Å². The van der Waals surface area contributed by atoms with Crippen LogP contribution in [0.15, 0.2) is 23.8 Å². The van der Waals surface area contributed by atoms with Crippen molar-refractivity contribution in [1.82, 2.24) is 0 Å². The van der Waals surface area contributed by atoms with Gasteiger partial charge in [0.15, 0.2) is 17.3 Å². The van der Waals surface area contributed by atoms with Crippen molar-refractivity contribution < 1.29 is 14.6 Å². The summed E-state index contributed by atoms with van der Waals surface area (Å²) in [6.07, 6.45) is 1.51. The molecular weight excluding hydrogens is 254 g/mol. The van der Waals surface area contributed by atoms with E-state index in [1.54, 1.807) is 32.9 Å². The maximum absolute atomic E-state index is 12.1. The molecule has 0 saturated heterocycles. The summed E-state index contributed by atoms with van der Waals surface area (Å²) in [5.41, 5.74) is 0.118. The Balaban J connectivity index is 3.18. The van der Waals surface area contributed by atoms with Crippen LogP contribution in [0.25, 0.3) is 6.08 Å². The van der Waals surface area contributed by atoms with Crippen molar-refractivity contribution >= 4 is 11.9 Å². The van der Waals surface area contributed by atoms with Gasteiger partial charge >= 0.3 is 0 Å². The van der Waals surface area contributed by atoms with Gasteiger partial charge in [-0.3, -0.25) is 4.79 Å². The fourth-order valence-electron chi connectivity index (χ4n) is 1.61. The first-order chi connectivity index (χ1) is 9.29. The van der Waals surface area contributed by atoms with Gasteiger partial charge in [-0.15, -0.1) is 0 Å². The molecule has 1 aromatic rings. The Morgan fingerprint density at radius 1 is 1.45 bits per heavy atom. The molecule has 20 heavy (non-hydrogen) atoms. The number of aromatic hydroxyl groups is 1. The van der Waals surface area contributed by atoms with Crippen molar-refractivity contribution in [2.24, 2.45) is 5.41 Å². The summed E-state index contributed by atoms with van der Waals surface area (Å²) >= 11 is 0. The van der Waals surface area contributed by atoms with Crippen LogP contribution in [0.3, 0.4) is 0 Å². The van der Waals surface area contributed by atoms with E-state index >= 15 is 0 Å². The van der Waals surface area contributed by atoms with Crippen molar-refractivity contribution in [1.29, 1.82) is 5.26 Å². The molecule has 0 unspecified atom stereocenters. The third kappa shape index (κ3) is 3.86. The van der Waals surface area contributed by atoms with Gasteiger partial charge in [0.25, 0.3) is 0 Å². The van der Waals surface area contributed by atoms with Crippen molar-refractivity contribution in [2.45, 2.75) is 27.7 Å². The van der Waals surface area contributed by atoms with Crippen LogP contribution in [0, 0.1) is 16.7 Å². The Morgan fingerprint density at radius 3 is 2.60 bits per heavy atom. The zero-order valence-corrected chi connectivity index (χ0v) is 12.2. The van der Waals surface area contributed by atoms with E-state index in [1.165, 1.54) is 12.1 Å². The van der Waals surface area contributed by atoms with Crippen LogP contribution in [0.4, 0.5) is 0 Å². The number of hydrogen-bond donors (Lipinski definition) is 1. The van der Waals surface area contributed by atoms with E-state index in [4.69, 9.17) is 10.00 Å². The van der Waals surface area contributed by atoms with Gasteiger partial charge in [-0.1, -0.05) is 26.8 Å². The summed E-state index contributed by atoms with van der Waals surface area (Å²) in [5.74, 6) is 0.150. The predicted molar refractivity (Wildman–Crippen MR) is 77.3 cm³/mol. The first kappa shape index (κ1) is 15.8. The molecule has 106 valence electrons. The predicted octanol–water partition coefficient (Wildman–Crippen LogP) is 3.31. The lowest BCUT2D eigenvalue weighted by atomic mass is 9.86. The highest BCUT2D eigenvalue weighted by molar-refractivity contribution is 6.06. The summed E-state index contributed by atoms with van der Waals surface area (Å²) in [4.78, 5) is 12.1. The van der Waals surface area contributed by atoms with E-state index in [2.05, 4.69) is 0 Å². The van der Waals surface area contributed by atoms with Crippen molar-refractivity contribution in [3.05, 3.63) is 29.3 Å². The number of carbonyl (C=O) groups excluding carboxylic acids is 1. The van der Waals surface area contributed by atoms with Crippen molar-refractivity contribution in [3.63, 3.8) is 0 Å². The maximum Gasteiger partial charge on any atom is 0.178 e. The summed E-state index contributed by atoms with van der Waals surface area (Å²) in [6, 6.07) is 6.64. The van der Waals surface area contributed by atoms with Gasteiger partial charge < -0.3 is 9.84 Å². The average molecular weight is 273 g/mol. The summed E-state index contributed by atoms with van der Waals surface area (Å²) in [6.45, 7) is 7.54. The van der Waals surface area contributed by atoms with Gasteiger partial charge in [0.2, 0.25) is 0 Å². The number of phenols is 1. The van der Waals surface area contributed by atoms with Crippen LogP contribution in [-0.4, -0.2) is 17.5 Å². The second-order valence-corrected chi connectivity index (χ2v) is 5.41. The zero-order valence-electron chi connectivity index (χ0n) is 12.2. The highest BCUT2D eigenvalue weighted by Gasteiger charge is 2.24. The normalized spacial score (nSPS) is 11.8. The minimum atomic E-state index is -0.610. The van der Waals surface area contributed by atoms with Crippen LogP contribution in [-0.2, 0) is 4.79 Å². The number of hydrogen-bond acceptors (Lipinski definition) is 4. The number of Topliss-reactive ketones (excluding diaryl/α,β-unsaturated/α-hetero) is 1. The fraction of sp³-hybridized carbons (Fsp3) is 0.375. The van der Waals surface area contributed by atoms with Crippen LogP contribution in [0.5, 0.6) is 11.5 Å². The Kier molecular flexibility index (Phi) is 4.93. The number of nitrogens with zero attached hydrogens (tertiary/aromatic N) is 1. The molecule has 1 rings (SSSR count). The standard InChI is InChI=1S/C16H19NO3/c1-5-20-14-9-11(6-7-13(14)18)8-12(10-17)15(19)16(2,3)4/h6-9,18H,5H2,1-4H3/b12-8+. The van der Waals surface area contributed by atoms with E-state index in [9.17, 15) is 9.90 Å². The molecule has 0 aliphatic carbocycles. The highest BCUT2D eigenvalue weighted by Crippen LogP contribution is 2.28. The summed E-state index contributed by atoms with van der Waals surface area (Å²) < 4.78 is 5.27. The van der Waals surface area contributed by atoms with Crippen LogP contribution >= 0.6 is 0 Å². The molecule has 0 atom stereocenters. The van der Waals surface area contributed by atoms with E-state index in [0.717, 1.165) is 0 Å². The topological polar surface area (TPSA) is 70.3 Å². The van der Waals surface area contributed by atoms with Gasteiger partial charge in [-0.25, -0.2) is 0 Å². The van der Waals surface area contributed by atoms with Crippen LogP contribution < -0.4 is 4.74 Å². The van der Waals surface area contributed by atoms with Crippen LogP contribution in [0.1, 0.15) is 33.3 Å². The molecule has 0 aliphatic heterocycles. The molecule has 1 N–H and O–H groups in total. The monoisotopic (exact) mass is 273 g/mol. The summed E-state index contributed by atoms with van der Waals surface area (Å²) in [7, 11) is 0. The Morgan fingerprint density at radius 2 is 2.10 bits per heavy atom. The van der Waals surface area contributed by atoms with Gasteiger partial charge in [0.1, 0.15) is 6.07 Å². The minimum Gasteiger partial charge on any atom is -0.504 e. The van der Waals surface area contributed by atoms with E-state index in [-0.39, 0.29) is 17.1 Å². The van der Waals surface area contributed by atoms with Gasteiger partial charge in [0, 0.05) is 5.41 Å². The number of rotatable bonds is 4. The number of ether oxygens (including phenoxy) is 1. The maximum atomic E-state index is 12.1. The Bertz CT molecular complexity index is 574. The fourth-order valence-corrected chi connectivity index (χ4v) is 1.61. The minimum absolute atomic E-state index is 0.0321. The molecular formula is C16H19NO3. The highest BCUT2D eigenvalue weighted by atomic mass is 16.5. The third-order valence-electron chi connectivity index (χ3n) is 2.64. The molecule has 0 saturated carbocycles. The van der Waals surface area contributed by atoms with E-state index in [1.807, 2.05) is 13.0 Å². The number of benzene rings is 1. The van der Waals surface area contributed by atoms with Crippen molar-refractivity contribution in [3.8, 4) is 17.6 Å². The number of ketones is 1. The van der Waals surface area contributed by atoms with Crippen molar-refractivity contribution in [2.75, 3.05) is 6.61 Å². The molecule has 0 aliphatic rings. The largest absolute Gasteiger partial charge is 0.504 e. The summed E-state index contributed by atoms with van der Waals surface area (Å²) in [5, 5.41) is 18.7. The number of carbonyl (C=O) groups is 1. The molecule has 0 aromatic heterocycles. The quantitative estimate of drug-likeness (QED) is 0.675. The first-order valence-electron chi connectivity index (χ1n) is 6.42. The Labute approximate surface area is 119 Å². The molecule has 1 aromatic carbocycles. The molecule has 0 fully saturated rings. The average Bonchev–Trinajstić information content (AvgIpc) is 2.38. The molecule has 0 amide bonds. The molecule has 4 nitrogen and oxygen atoms in total. The Hall–Kier alpha value is -2.28. The first-order valence-corrected chi connectivity index (χ1v) is 6.42. The number of nitriles is 1. The van der Waals surface area contributed by atoms with Gasteiger partial charge in [-0.2, -0.15) is 5.26 Å². The lowest BCUT2D eigenvalue weighted by Gasteiger charge is -2.15. The second kappa shape index (κ2) is 6.25. The number of phenolic OH excluding ortho intramolecular Hbond substituents is 1. The van der Waals surface area contributed by atoms with E-state index < -0.39 is 5.41 Å². The third-order valence-corrected chi connectivity index (χ3v) is 2.64. The SMILES string of the molecule is CCOc1cc(/C=C(\C#N)C(=O)C(C)(C)C)ccc1O. The molecule has 0 bridgehead atoms. The lowest BCUT2D eigenvalue weighted by molar-refractivity contribution is -0.121. The molecule has 0 radical (unpaired) electrons. The second-order valence-electron chi connectivity index (χ2n) is 5.41. The molecule has 0 heterocycles. The van der Waals surface area contributed by atoms with Gasteiger partial charge in [0.05, 0.1) is 12.2 Å². The number of allylic oxidation sites excluding steroid dienone is 1.